The normalized spacial score (nSPS) is 10.7. The van der Waals surface area contributed by atoms with E-state index in [0.717, 1.165) is 4.21 Å². The molecule has 1 rings (SSSR count). The summed E-state index contributed by atoms with van der Waals surface area (Å²) in [6.07, 6.45) is 1.84. The molecule has 100 valence electrons. The minimum Gasteiger partial charge on any atom is -0.462 e. The Morgan fingerprint density at radius 2 is 2.06 bits per heavy atom. The molecule has 0 bridgehead atoms. The first-order valence-electron chi connectivity index (χ1n) is 5.61. The summed E-state index contributed by atoms with van der Waals surface area (Å²) >= 11 is 2.66. The molecule has 0 aliphatic carbocycles. The van der Waals surface area contributed by atoms with Crippen LogP contribution in [0.4, 0.5) is 5.69 Å². The van der Waals surface area contributed by atoms with Crippen LogP contribution in [0, 0.1) is 5.92 Å². The lowest BCUT2D eigenvalue weighted by molar-refractivity contribution is 0.0524. The van der Waals surface area contributed by atoms with Crippen molar-refractivity contribution in [3.05, 3.63) is 10.4 Å². The van der Waals surface area contributed by atoms with E-state index >= 15 is 0 Å². The Balaban J connectivity index is 3.26. The molecule has 0 fully saturated rings. The van der Waals surface area contributed by atoms with Gasteiger partial charge in [-0.2, -0.15) is 0 Å². The SMILES string of the molecule is CCOC(=O)c1c(SC)sc(C(=O)C(C)C)c1N. The van der Waals surface area contributed by atoms with Crippen molar-refractivity contribution in [1.29, 1.82) is 0 Å². The number of nitrogen functional groups attached to an aromatic ring is 1. The highest BCUT2D eigenvalue weighted by atomic mass is 32.2. The summed E-state index contributed by atoms with van der Waals surface area (Å²) in [6, 6.07) is 0. The summed E-state index contributed by atoms with van der Waals surface area (Å²) in [7, 11) is 0. The Morgan fingerprint density at radius 1 is 1.44 bits per heavy atom. The number of carbonyl (C=O) groups is 2. The van der Waals surface area contributed by atoms with Crippen LogP contribution in [0.3, 0.4) is 0 Å². The van der Waals surface area contributed by atoms with E-state index in [2.05, 4.69) is 0 Å². The second-order valence-electron chi connectivity index (χ2n) is 3.95. The van der Waals surface area contributed by atoms with E-state index in [1.807, 2.05) is 20.1 Å². The maximum atomic E-state index is 12.0. The summed E-state index contributed by atoms with van der Waals surface area (Å²) in [5, 5.41) is 0. The van der Waals surface area contributed by atoms with Crippen LogP contribution in [0.2, 0.25) is 0 Å². The second-order valence-corrected chi connectivity index (χ2v) is 6.05. The van der Waals surface area contributed by atoms with Gasteiger partial charge in [0.15, 0.2) is 5.78 Å². The molecule has 0 spiro atoms. The predicted octanol–water partition coefficient (Wildman–Crippen LogP) is 3.07. The lowest BCUT2D eigenvalue weighted by Gasteiger charge is -2.04. The molecule has 1 aromatic rings. The van der Waals surface area contributed by atoms with Gasteiger partial charge in [0, 0.05) is 5.92 Å². The zero-order valence-electron chi connectivity index (χ0n) is 10.9. The summed E-state index contributed by atoms with van der Waals surface area (Å²) in [5.41, 5.74) is 6.51. The first-order valence-corrected chi connectivity index (χ1v) is 7.65. The second kappa shape index (κ2) is 6.24. The number of nitrogens with two attached hydrogens (primary N) is 1. The lowest BCUT2D eigenvalue weighted by Crippen LogP contribution is -2.11. The van der Waals surface area contributed by atoms with Gasteiger partial charge in [-0.25, -0.2) is 4.79 Å². The van der Waals surface area contributed by atoms with Gasteiger partial charge in [0.1, 0.15) is 5.56 Å². The zero-order chi connectivity index (χ0) is 13.9. The smallest absolute Gasteiger partial charge is 0.342 e. The van der Waals surface area contributed by atoms with E-state index in [1.165, 1.54) is 23.1 Å². The van der Waals surface area contributed by atoms with Gasteiger partial charge < -0.3 is 10.5 Å². The van der Waals surface area contributed by atoms with Gasteiger partial charge >= 0.3 is 5.97 Å². The highest BCUT2D eigenvalue weighted by Gasteiger charge is 2.26. The van der Waals surface area contributed by atoms with Crippen molar-refractivity contribution in [2.45, 2.75) is 25.0 Å². The van der Waals surface area contributed by atoms with Crippen LogP contribution in [0.5, 0.6) is 0 Å². The topological polar surface area (TPSA) is 69.4 Å². The number of ketones is 1. The van der Waals surface area contributed by atoms with Gasteiger partial charge in [0.25, 0.3) is 0 Å². The fourth-order valence-corrected chi connectivity index (χ4v) is 3.42. The lowest BCUT2D eigenvalue weighted by atomic mass is 10.1. The summed E-state index contributed by atoms with van der Waals surface area (Å²) < 4.78 is 5.70. The number of carbonyl (C=O) groups excluding carboxylic acids is 2. The van der Waals surface area contributed by atoms with Gasteiger partial charge in [-0.3, -0.25) is 4.79 Å². The molecule has 4 nitrogen and oxygen atoms in total. The maximum absolute atomic E-state index is 12.0. The number of anilines is 1. The molecule has 0 aliphatic rings. The molecule has 6 heteroatoms. The molecule has 0 amide bonds. The van der Waals surface area contributed by atoms with E-state index < -0.39 is 5.97 Å². The molecule has 0 saturated heterocycles. The Kier molecular flexibility index (Phi) is 5.22. The molecule has 0 saturated carbocycles. The van der Waals surface area contributed by atoms with Crippen LogP contribution in [0.15, 0.2) is 4.21 Å². The Bertz CT molecular complexity index is 466. The van der Waals surface area contributed by atoms with E-state index in [9.17, 15) is 9.59 Å². The Labute approximate surface area is 115 Å². The molecule has 0 aliphatic heterocycles. The fraction of sp³-hybridized carbons (Fsp3) is 0.500. The van der Waals surface area contributed by atoms with Crippen molar-refractivity contribution in [2.24, 2.45) is 5.92 Å². The van der Waals surface area contributed by atoms with Crippen molar-refractivity contribution < 1.29 is 14.3 Å². The van der Waals surface area contributed by atoms with Crippen LogP contribution in [-0.4, -0.2) is 24.6 Å². The van der Waals surface area contributed by atoms with Gasteiger partial charge in [-0.1, -0.05) is 13.8 Å². The molecular formula is C12H17NO3S2. The fourth-order valence-electron chi connectivity index (χ4n) is 1.41. The summed E-state index contributed by atoms with van der Waals surface area (Å²) in [6.45, 7) is 5.64. The average Bonchev–Trinajstić information content (AvgIpc) is 2.65. The highest BCUT2D eigenvalue weighted by molar-refractivity contribution is 8.00. The van der Waals surface area contributed by atoms with Gasteiger partial charge in [0.2, 0.25) is 0 Å². The number of ether oxygens (including phenoxy) is 1. The van der Waals surface area contributed by atoms with Crippen LogP contribution in [0.25, 0.3) is 0 Å². The van der Waals surface area contributed by atoms with Crippen molar-refractivity contribution in [3.8, 4) is 0 Å². The quantitative estimate of drug-likeness (QED) is 0.512. The minimum absolute atomic E-state index is 0.0386. The Hall–Kier alpha value is -1.01. The van der Waals surface area contributed by atoms with Crippen LogP contribution in [-0.2, 0) is 4.74 Å². The number of thiophene rings is 1. The van der Waals surface area contributed by atoms with Gasteiger partial charge in [-0.15, -0.1) is 23.1 Å². The molecule has 0 radical (unpaired) electrons. The summed E-state index contributed by atoms with van der Waals surface area (Å²) in [5.74, 6) is -0.641. The number of hydrogen-bond acceptors (Lipinski definition) is 6. The van der Waals surface area contributed by atoms with Crippen LogP contribution < -0.4 is 5.73 Å². The highest BCUT2D eigenvalue weighted by Crippen LogP contribution is 2.38. The molecule has 0 unspecified atom stereocenters. The monoisotopic (exact) mass is 287 g/mol. The van der Waals surface area contributed by atoms with E-state index in [4.69, 9.17) is 10.5 Å². The molecular weight excluding hydrogens is 270 g/mol. The van der Waals surface area contributed by atoms with Crippen molar-refractivity contribution in [1.82, 2.24) is 0 Å². The van der Waals surface area contributed by atoms with Gasteiger partial charge in [0.05, 0.1) is 21.4 Å². The minimum atomic E-state index is -0.460. The molecule has 1 heterocycles. The first-order chi connectivity index (χ1) is 8.43. The van der Waals surface area contributed by atoms with Gasteiger partial charge in [-0.05, 0) is 13.2 Å². The molecule has 2 N–H and O–H groups in total. The van der Waals surface area contributed by atoms with Crippen molar-refractivity contribution in [2.75, 3.05) is 18.6 Å². The average molecular weight is 287 g/mol. The maximum Gasteiger partial charge on any atom is 0.342 e. The van der Waals surface area contributed by atoms with E-state index in [-0.39, 0.29) is 24.0 Å². The molecule has 18 heavy (non-hydrogen) atoms. The van der Waals surface area contributed by atoms with Crippen LogP contribution in [0.1, 0.15) is 40.8 Å². The summed E-state index contributed by atoms with van der Waals surface area (Å²) in [4.78, 5) is 24.3. The third-order valence-corrected chi connectivity index (χ3v) is 4.67. The predicted molar refractivity (Wildman–Crippen MR) is 75.6 cm³/mol. The third kappa shape index (κ3) is 2.87. The third-order valence-electron chi connectivity index (χ3n) is 2.33. The zero-order valence-corrected chi connectivity index (χ0v) is 12.5. The van der Waals surface area contributed by atoms with Crippen LogP contribution >= 0.6 is 23.1 Å². The molecule has 0 aromatic carbocycles. The Morgan fingerprint density at radius 3 is 2.50 bits per heavy atom. The number of thioether (sulfide) groups is 1. The number of esters is 1. The standard InChI is InChI=1S/C12H17NO3S2/c1-5-16-11(15)7-8(13)10(9(14)6(2)3)18-12(7)17-4/h6H,5,13H2,1-4H3. The van der Waals surface area contributed by atoms with E-state index in [0.29, 0.717) is 10.4 Å². The molecule has 1 aromatic heterocycles. The van der Waals surface area contributed by atoms with Crippen molar-refractivity contribution in [3.63, 3.8) is 0 Å². The molecule has 0 atom stereocenters. The number of Topliss-reactive ketones (excluding diaryl/α,β-unsaturated/α-hetero) is 1. The van der Waals surface area contributed by atoms with E-state index in [1.54, 1.807) is 6.92 Å². The number of rotatable bonds is 5. The first kappa shape index (κ1) is 15.0. The number of hydrogen-bond donors (Lipinski definition) is 1. The largest absolute Gasteiger partial charge is 0.462 e. The van der Waals surface area contributed by atoms with Crippen molar-refractivity contribution >= 4 is 40.5 Å².